The maximum Gasteiger partial charge on any atom is 0.134 e. The lowest BCUT2D eigenvalue weighted by Crippen LogP contribution is -2.48. The van der Waals surface area contributed by atoms with Gasteiger partial charge in [-0.05, 0) is 109 Å². The van der Waals surface area contributed by atoms with E-state index in [0.717, 1.165) is 87.7 Å². The molecule has 0 atom stereocenters. The van der Waals surface area contributed by atoms with Crippen LogP contribution in [0.15, 0.2) is 72.8 Å². The van der Waals surface area contributed by atoms with Crippen LogP contribution in [0.3, 0.4) is 0 Å². The third-order valence-electron chi connectivity index (χ3n) is 12.6. The number of nitrogens with zero attached hydrogens (tertiary/aromatic N) is 4. The van der Waals surface area contributed by atoms with Gasteiger partial charge in [-0.25, -0.2) is 8.78 Å². The molecule has 11 rings (SSSR count). The number of unbranched alkanes of at least 4 members (excludes halogenated alkanes) is 6. The van der Waals surface area contributed by atoms with E-state index in [-0.39, 0.29) is 11.6 Å². The van der Waals surface area contributed by atoms with Crippen LogP contribution in [0.1, 0.15) is 75.0 Å². The van der Waals surface area contributed by atoms with E-state index in [4.69, 9.17) is 17.5 Å². The Hall–Kier alpha value is -3.64. The topological polar surface area (TPSA) is 51.6 Å². The zero-order valence-electron chi connectivity index (χ0n) is 36.3. The Balaban J connectivity index is 0.882. The maximum atomic E-state index is 16.6. The van der Waals surface area contributed by atoms with Gasteiger partial charge in [0.05, 0.1) is 34.6 Å². The molecule has 1 aliphatic rings. The lowest BCUT2D eigenvalue weighted by Gasteiger charge is -2.16. The van der Waals surface area contributed by atoms with Crippen LogP contribution in [0, 0.1) is 11.6 Å². The van der Waals surface area contributed by atoms with Crippen LogP contribution in [0.4, 0.5) is 8.78 Å². The number of halogens is 2. The Morgan fingerprint density at radius 3 is 1.28 bits per heavy atom. The van der Waals surface area contributed by atoms with Crippen molar-refractivity contribution in [3.8, 4) is 71.0 Å². The van der Waals surface area contributed by atoms with E-state index in [1.807, 2.05) is 34.8 Å². The third kappa shape index (κ3) is 7.99. The second kappa shape index (κ2) is 18.1. The molecule has 0 saturated heterocycles. The fourth-order valence-electron chi connectivity index (χ4n) is 9.07. The first kappa shape index (κ1) is 43.9. The molecule has 65 heavy (non-hydrogen) atoms. The van der Waals surface area contributed by atoms with E-state index in [2.05, 4.69) is 75.5 Å². The van der Waals surface area contributed by atoms with Crippen molar-refractivity contribution in [1.82, 2.24) is 17.5 Å². The summed E-state index contributed by atoms with van der Waals surface area (Å²) in [7, 11) is -2.17. The number of aromatic nitrogens is 4. The van der Waals surface area contributed by atoms with Gasteiger partial charge < -0.3 is 0 Å². The number of benzene rings is 2. The van der Waals surface area contributed by atoms with Crippen LogP contribution in [-0.2, 0) is 12.8 Å². The summed E-state index contributed by atoms with van der Waals surface area (Å²) in [5, 5.41) is 2.69. The lowest BCUT2D eigenvalue weighted by atomic mass is 10.0. The Kier molecular flexibility index (Phi) is 12.2. The predicted octanol–water partition coefficient (Wildman–Crippen LogP) is 17.4. The highest BCUT2D eigenvalue weighted by molar-refractivity contribution is 7.31. The van der Waals surface area contributed by atoms with Crippen molar-refractivity contribution >= 4 is 132 Å². The summed E-state index contributed by atoms with van der Waals surface area (Å²) in [6, 6.07) is 25.1. The Bertz CT molecular complexity index is 3130. The minimum absolute atomic E-state index is 0.278. The molecular formula is C50H44F2N4S8Si. The minimum Gasteiger partial charge on any atom is -0.206 e. The van der Waals surface area contributed by atoms with Gasteiger partial charge in [0.25, 0.3) is 0 Å². The van der Waals surface area contributed by atoms with E-state index >= 15 is 8.78 Å². The molecule has 10 aromatic rings. The van der Waals surface area contributed by atoms with Crippen LogP contribution < -0.4 is 10.4 Å². The smallest absolute Gasteiger partial charge is 0.134 e. The summed E-state index contributed by atoms with van der Waals surface area (Å²) in [4.78, 5) is 13.7. The van der Waals surface area contributed by atoms with Gasteiger partial charge in [0, 0.05) is 69.7 Å². The molecule has 0 N–H and O–H groups in total. The number of hydrogen-bond donors (Lipinski definition) is 0. The second-order valence-corrected chi connectivity index (χ2v) is 29.3. The Morgan fingerprint density at radius 1 is 0.431 bits per heavy atom. The summed E-state index contributed by atoms with van der Waals surface area (Å²) in [5.74, 6) is -0.556. The molecule has 0 bridgehead atoms. The van der Waals surface area contributed by atoms with Gasteiger partial charge in [0.2, 0.25) is 0 Å². The second-order valence-electron chi connectivity index (χ2n) is 17.3. The molecule has 9 heterocycles. The Morgan fingerprint density at radius 2 is 0.831 bits per heavy atom. The molecule has 330 valence electrons. The van der Waals surface area contributed by atoms with Crippen molar-refractivity contribution in [2.24, 2.45) is 0 Å². The fraction of sp³-hybridized carbons (Fsp3) is 0.280. The lowest BCUT2D eigenvalue weighted by molar-refractivity contribution is 0.633. The van der Waals surface area contributed by atoms with Gasteiger partial charge in [-0.1, -0.05) is 65.5 Å². The zero-order valence-corrected chi connectivity index (χ0v) is 43.8. The van der Waals surface area contributed by atoms with Gasteiger partial charge in [0.15, 0.2) is 0 Å². The van der Waals surface area contributed by atoms with E-state index < -0.39 is 8.07 Å². The number of fused-ring (bicyclic) bond motifs is 5. The van der Waals surface area contributed by atoms with Gasteiger partial charge in [0.1, 0.15) is 41.8 Å². The molecule has 0 fully saturated rings. The average Bonchev–Trinajstić information content (AvgIpc) is 4.13. The van der Waals surface area contributed by atoms with Crippen molar-refractivity contribution < 1.29 is 8.78 Å². The van der Waals surface area contributed by atoms with Crippen molar-refractivity contribution in [3.63, 3.8) is 0 Å². The SMILES string of the molecule is CCCCCCc1ccc(-c2ccc(-c3c(F)cc(-c4cc5c(s4)-c4sc(-c6cc(F)c(-c7ccc(-c8ccc(CCCCCC)s8)s7)c7nsnc67)cc4[Si]5(C)C)c4nsnc34)s2)s1. The highest BCUT2D eigenvalue weighted by Gasteiger charge is 2.42. The van der Waals surface area contributed by atoms with Crippen LogP contribution >= 0.6 is 91.5 Å². The standard InChI is InChI=1S/C50H44F2N4S8Si/c1-5-7-9-11-13-27-15-17-33(57-27)35-19-21-37(59-35)43-31(51)23-29(45-47(43)55-63-53-45)39-25-41-49(61-39)50-42(65(41,3)4)26-40(62-50)30-24-32(52)44(48-46(30)54-64-56-48)38-22-20-36(60-38)34-18-16-28(58-34)14-12-10-8-6-2/h15-26H,5-14H2,1-4H3. The molecule has 1 aliphatic heterocycles. The number of aryl methyl sites for hydroxylation is 2. The van der Waals surface area contributed by atoms with Gasteiger partial charge in [-0.2, -0.15) is 17.5 Å². The molecule has 0 spiro atoms. The minimum atomic E-state index is -2.17. The van der Waals surface area contributed by atoms with Crippen LogP contribution in [0.2, 0.25) is 13.1 Å². The molecule has 8 aromatic heterocycles. The summed E-state index contributed by atoms with van der Waals surface area (Å²) < 4.78 is 52.1. The molecule has 0 aliphatic carbocycles. The van der Waals surface area contributed by atoms with E-state index in [0.29, 0.717) is 22.2 Å². The third-order valence-corrected chi connectivity index (χ3v) is 24.9. The monoisotopic (exact) mass is 1020 g/mol. The van der Waals surface area contributed by atoms with Crippen molar-refractivity contribution in [2.75, 3.05) is 0 Å². The zero-order chi connectivity index (χ0) is 44.4. The molecule has 0 saturated carbocycles. The van der Waals surface area contributed by atoms with Crippen LogP contribution in [0.25, 0.3) is 93.1 Å². The van der Waals surface area contributed by atoms with Crippen LogP contribution in [0.5, 0.6) is 0 Å². The largest absolute Gasteiger partial charge is 0.206 e. The molecule has 4 nitrogen and oxygen atoms in total. The summed E-state index contributed by atoms with van der Waals surface area (Å²) in [6.45, 7) is 9.25. The van der Waals surface area contributed by atoms with E-state index in [1.165, 1.54) is 91.0 Å². The molecule has 0 unspecified atom stereocenters. The first-order valence-electron chi connectivity index (χ1n) is 22.3. The molecule has 2 aromatic carbocycles. The highest BCUT2D eigenvalue weighted by atomic mass is 32.1. The number of hydrogen-bond acceptors (Lipinski definition) is 12. The quantitative estimate of drug-likeness (QED) is 0.0715. The fourth-order valence-corrected chi connectivity index (χ4v) is 21.8. The molecular weight excluding hydrogens is 979 g/mol. The van der Waals surface area contributed by atoms with Gasteiger partial charge >= 0.3 is 0 Å². The summed E-state index contributed by atoms with van der Waals surface area (Å²) >= 11 is 12.6. The van der Waals surface area contributed by atoms with Gasteiger partial charge in [-0.3, -0.25) is 0 Å². The van der Waals surface area contributed by atoms with Crippen molar-refractivity contribution in [1.29, 1.82) is 0 Å². The van der Waals surface area contributed by atoms with E-state index in [1.54, 1.807) is 57.5 Å². The predicted molar refractivity (Wildman–Crippen MR) is 286 cm³/mol. The highest BCUT2D eigenvalue weighted by Crippen LogP contribution is 2.50. The van der Waals surface area contributed by atoms with Crippen molar-refractivity contribution in [2.45, 2.75) is 91.1 Å². The first-order chi connectivity index (χ1) is 31.7. The van der Waals surface area contributed by atoms with Gasteiger partial charge in [-0.15, -0.1) is 68.0 Å². The average molecular weight is 1020 g/mol. The van der Waals surface area contributed by atoms with Crippen molar-refractivity contribution in [3.05, 3.63) is 94.2 Å². The maximum absolute atomic E-state index is 16.6. The number of thiophene rings is 6. The summed E-state index contributed by atoms with van der Waals surface area (Å²) in [6.07, 6.45) is 12.2. The molecule has 15 heteroatoms. The Labute approximate surface area is 411 Å². The molecule has 0 radical (unpaired) electrons. The summed E-state index contributed by atoms with van der Waals surface area (Å²) in [5.41, 5.74) is 5.33. The van der Waals surface area contributed by atoms with E-state index in [9.17, 15) is 0 Å². The molecule has 0 amide bonds. The van der Waals surface area contributed by atoms with Crippen LogP contribution in [-0.4, -0.2) is 25.6 Å². The normalized spacial score (nSPS) is 13.2. The number of rotatable bonds is 16. The first-order valence-corrected chi connectivity index (χ1v) is 31.6.